The third kappa shape index (κ3) is 6.14. The number of carbonyl (C=O) groups is 1. The number of carbonyl (C=O) groups excluding carboxylic acids is 1. The second-order valence-corrected chi connectivity index (χ2v) is 5.55. The van der Waals surface area contributed by atoms with Gasteiger partial charge in [0, 0.05) is 25.4 Å². The number of nitrogens with one attached hydrogen (secondary N) is 2. The molecule has 1 aromatic rings. The molecule has 0 aromatic heterocycles. The standard InChI is InChI=1S/C16H24N2O3/c1-12(19)14-4-2-5-15(10-14)18-16(20)17-8-3-9-21-11-13-6-7-13/h2,4-5,10,12-13,19H,3,6-9,11H2,1H3,(H2,17,18,20). The Morgan fingerprint density at radius 2 is 2.29 bits per heavy atom. The van der Waals surface area contributed by atoms with Crippen LogP contribution in [0.1, 0.15) is 37.9 Å². The van der Waals surface area contributed by atoms with Crippen molar-refractivity contribution >= 4 is 11.7 Å². The van der Waals surface area contributed by atoms with Crippen LogP contribution >= 0.6 is 0 Å². The second kappa shape index (κ2) is 8.00. The monoisotopic (exact) mass is 292 g/mol. The van der Waals surface area contributed by atoms with Gasteiger partial charge in [-0.25, -0.2) is 4.79 Å². The fourth-order valence-electron chi connectivity index (χ4n) is 1.96. The molecule has 1 saturated carbocycles. The number of rotatable bonds is 8. The molecule has 0 aliphatic heterocycles. The first-order chi connectivity index (χ1) is 10.1. The topological polar surface area (TPSA) is 70.6 Å². The summed E-state index contributed by atoms with van der Waals surface area (Å²) in [5.74, 6) is 0.780. The van der Waals surface area contributed by atoms with Gasteiger partial charge in [0.25, 0.3) is 0 Å². The van der Waals surface area contributed by atoms with Gasteiger partial charge in [-0.2, -0.15) is 0 Å². The predicted octanol–water partition coefficient (Wildman–Crippen LogP) is 2.68. The largest absolute Gasteiger partial charge is 0.389 e. The molecule has 1 atom stereocenters. The summed E-state index contributed by atoms with van der Waals surface area (Å²) in [6.45, 7) is 3.83. The van der Waals surface area contributed by atoms with E-state index in [9.17, 15) is 9.90 Å². The van der Waals surface area contributed by atoms with Crippen LogP contribution in [0.4, 0.5) is 10.5 Å². The molecule has 5 nitrogen and oxygen atoms in total. The lowest BCUT2D eigenvalue weighted by Crippen LogP contribution is -2.30. The van der Waals surface area contributed by atoms with E-state index in [1.165, 1.54) is 12.8 Å². The molecule has 1 aromatic carbocycles. The maximum atomic E-state index is 11.7. The van der Waals surface area contributed by atoms with Crippen molar-refractivity contribution in [2.75, 3.05) is 25.1 Å². The molecule has 2 amide bonds. The van der Waals surface area contributed by atoms with Crippen molar-refractivity contribution in [1.29, 1.82) is 0 Å². The third-order valence-electron chi connectivity index (χ3n) is 3.43. The van der Waals surface area contributed by atoms with Gasteiger partial charge in [0.05, 0.1) is 6.10 Å². The van der Waals surface area contributed by atoms with E-state index in [1.54, 1.807) is 19.1 Å². The highest BCUT2D eigenvalue weighted by Crippen LogP contribution is 2.28. The maximum absolute atomic E-state index is 11.7. The van der Waals surface area contributed by atoms with Crippen LogP contribution in [-0.4, -0.2) is 30.9 Å². The van der Waals surface area contributed by atoms with E-state index >= 15 is 0 Å². The molecule has 2 rings (SSSR count). The van der Waals surface area contributed by atoms with Crippen LogP contribution in [0.15, 0.2) is 24.3 Å². The van der Waals surface area contributed by atoms with E-state index in [0.717, 1.165) is 24.5 Å². The molecule has 1 aliphatic rings. The quantitative estimate of drug-likeness (QED) is 0.645. The number of hydrogen-bond donors (Lipinski definition) is 3. The smallest absolute Gasteiger partial charge is 0.319 e. The minimum absolute atomic E-state index is 0.236. The molecule has 1 aliphatic carbocycles. The molecule has 5 heteroatoms. The third-order valence-corrected chi connectivity index (χ3v) is 3.43. The highest BCUT2D eigenvalue weighted by Gasteiger charge is 2.20. The Bertz CT molecular complexity index is 459. The fourth-order valence-corrected chi connectivity index (χ4v) is 1.96. The van der Waals surface area contributed by atoms with E-state index in [2.05, 4.69) is 10.6 Å². The lowest BCUT2D eigenvalue weighted by molar-refractivity contribution is 0.122. The van der Waals surface area contributed by atoms with Crippen LogP contribution in [0.2, 0.25) is 0 Å². The summed E-state index contributed by atoms with van der Waals surface area (Å²) >= 11 is 0. The number of aliphatic hydroxyl groups excluding tert-OH is 1. The summed E-state index contributed by atoms with van der Waals surface area (Å²) in [6, 6.07) is 6.96. The van der Waals surface area contributed by atoms with Crippen molar-refractivity contribution in [3.05, 3.63) is 29.8 Å². The van der Waals surface area contributed by atoms with Crippen molar-refractivity contribution in [3.63, 3.8) is 0 Å². The van der Waals surface area contributed by atoms with Gasteiger partial charge in [0.2, 0.25) is 0 Å². The van der Waals surface area contributed by atoms with Crippen molar-refractivity contribution in [3.8, 4) is 0 Å². The highest BCUT2D eigenvalue weighted by molar-refractivity contribution is 5.89. The van der Waals surface area contributed by atoms with E-state index < -0.39 is 6.10 Å². The molecule has 1 fully saturated rings. The van der Waals surface area contributed by atoms with E-state index in [1.807, 2.05) is 12.1 Å². The number of hydrogen-bond acceptors (Lipinski definition) is 3. The average molecular weight is 292 g/mol. The minimum atomic E-state index is -0.543. The molecule has 0 bridgehead atoms. The number of aliphatic hydroxyl groups is 1. The molecule has 116 valence electrons. The first-order valence-electron chi connectivity index (χ1n) is 7.56. The van der Waals surface area contributed by atoms with Gasteiger partial charge >= 0.3 is 6.03 Å². The van der Waals surface area contributed by atoms with Gasteiger partial charge in [-0.3, -0.25) is 0 Å². The lowest BCUT2D eigenvalue weighted by atomic mass is 10.1. The predicted molar refractivity (Wildman–Crippen MR) is 82.3 cm³/mol. The Labute approximate surface area is 125 Å². The van der Waals surface area contributed by atoms with Gasteiger partial charge in [-0.15, -0.1) is 0 Å². The first-order valence-corrected chi connectivity index (χ1v) is 7.56. The molecule has 1 unspecified atom stereocenters. The average Bonchev–Trinajstić information content (AvgIpc) is 3.27. The Morgan fingerprint density at radius 1 is 1.48 bits per heavy atom. The first kappa shape index (κ1) is 15.8. The Morgan fingerprint density at radius 3 is 3.00 bits per heavy atom. The summed E-state index contributed by atoms with van der Waals surface area (Å²) in [5, 5.41) is 15.1. The molecule has 0 radical (unpaired) electrons. The number of anilines is 1. The maximum Gasteiger partial charge on any atom is 0.319 e. The van der Waals surface area contributed by atoms with E-state index in [0.29, 0.717) is 18.8 Å². The lowest BCUT2D eigenvalue weighted by Gasteiger charge is -2.10. The van der Waals surface area contributed by atoms with Gasteiger partial charge in [-0.1, -0.05) is 12.1 Å². The fraction of sp³-hybridized carbons (Fsp3) is 0.562. The van der Waals surface area contributed by atoms with Crippen LogP contribution in [0.5, 0.6) is 0 Å². The zero-order chi connectivity index (χ0) is 15.1. The molecule has 0 spiro atoms. The molecular weight excluding hydrogens is 268 g/mol. The van der Waals surface area contributed by atoms with Crippen molar-refractivity contribution in [2.24, 2.45) is 5.92 Å². The molecule has 0 saturated heterocycles. The van der Waals surface area contributed by atoms with Crippen LogP contribution in [-0.2, 0) is 4.74 Å². The zero-order valence-electron chi connectivity index (χ0n) is 12.5. The Hall–Kier alpha value is -1.59. The summed E-state index contributed by atoms with van der Waals surface area (Å²) in [6.07, 6.45) is 2.87. The van der Waals surface area contributed by atoms with Crippen molar-refractivity contribution < 1.29 is 14.6 Å². The minimum Gasteiger partial charge on any atom is -0.389 e. The van der Waals surface area contributed by atoms with Gasteiger partial charge in [0.15, 0.2) is 0 Å². The highest BCUT2D eigenvalue weighted by atomic mass is 16.5. The van der Waals surface area contributed by atoms with Gasteiger partial charge in [-0.05, 0) is 49.8 Å². The van der Waals surface area contributed by atoms with Gasteiger partial charge < -0.3 is 20.5 Å². The summed E-state index contributed by atoms with van der Waals surface area (Å²) in [7, 11) is 0. The summed E-state index contributed by atoms with van der Waals surface area (Å²) in [5.41, 5.74) is 1.46. The Balaban J connectivity index is 1.60. The SMILES string of the molecule is CC(O)c1cccc(NC(=O)NCCCOCC2CC2)c1. The number of ether oxygens (including phenoxy) is 1. The van der Waals surface area contributed by atoms with Crippen LogP contribution in [0.3, 0.4) is 0 Å². The van der Waals surface area contributed by atoms with Crippen LogP contribution in [0, 0.1) is 5.92 Å². The van der Waals surface area contributed by atoms with Crippen LogP contribution < -0.4 is 10.6 Å². The van der Waals surface area contributed by atoms with Crippen molar-refractivity contribution in [1.82, 2.24) is 5.32 Å². The van der Waals surface area contributed by atoms with Crippen molar-refractivity contribution in [2.45, 2.75) is 32.3 Å². The molecule has 0 heterocycles. The Kier molecular flexibility index (Phi) is 6.02. The normalized spacial score (nSPS) is 15.5. The summed E-state index contributed by atoms with van der Waals surface area (Å²) in [4.78, 5) is 11.7. The number of benzene rings is 1. The molecular formula is C16H24N2O3. The number of amides is 2. The summed E-state index contributed by atoms with van der Waals surface area (Å²) < 4.78 is 5.50. The van der Waals surface area contributed by atoms with Crippen LogP contribution in [0.25, 0.3) is 0 Å². The second-order valence-electron chi connectivity index (χ2n) is 5.55. The zero-order valence-corrected chi connectivity index (χ0v) is 12.5. The number of urea groups is 1. The van der Waals surface area contributed by atoms with E-state index in [-0.39, 0.29) is 6.03 Å². The molecule has 21 heavy (non-hydrogen) atoms. The van der Waals surface area contributed by atoms with E-state index in [4.69, 9.17) is 4.74 Å². The molecule has 3 N–H and O–H groups in total. The van der Waals surface area contributed by atoms with Gasteiger partial charge in [0.1, 0.15) is 0 Å².